The van der Waals surface area contributed by atoms with Crippen molar-refractivity contribution in [2.24, 2.45) is 0 Å². The molecule has 0 saturated carbocycles. The Labute approximate surface area is 184 Å². The third-order valence-electron chi connectivity index (χ3n) is 4.69. The van der Waals surface area contributed by atoms with Crippen molar-refractivity contribution in [3.8, 4) is 34.3 Å². The van der Waals surface area contributed by atoms with E-state index in [0.717, 1.165) is 11.3 Å². The SMILES string of the molecule is CCOc1ccc(OCCNC(=O)Cn2cnc(-c3ccc4c(c3)OCO4)cc2=O)cc1. The van der Waals surface area contributed by atoms with Gasteiger partial charge in [0.05, 0.1) is 25.2 Å². The monoisotopic (exact) mass is 437 g/mol. The molecule has 1 amide bonds. The van der Waals surface area contributed by atoms with E-state index in [1.54, 1.807) is 30.3 Å². The fourth-order valence-corrected chi connectivity index (χ4v) is 3.13. The van der Waals surface area contributed by atoms with Crippen molar-refractivity contribution in [1.82, 2.24) is 14.9 Å². The summed E-state index contributed by atoms with van der Waals surface area (Å²) in [6.45, 7) is 3.18. The lowest BCUT2D eigenvalue weighted by molar-refractivity contribution is -0.121. The zero-order valence-electron chi connectivity index (χ0n) is 17.6. The number of fused-ring (bicyclic) bond motifs is 1. The Morgan fingerprint density at radius 1 is 1.06 bits per heavy atom. The van der Waals surface area contributed by atoms with Crippen LogP contribution in [0.1, 0.15) is 6.92 Å². The average molecular weight is 437 g/mol. The molecule has 1 aromatic heterocycles. The van der Waals surface area contributed by atoms with Crippen molar-refractivity contribution < 1.29 is 23.7 Å². The molecule has 2 aromatic carbocycles. The van der Waals surface area contributed by atoms with Crippen LogP contribution in [0, 0.1) is 0 Å². The van der Waals surface area contributed by atoms with Gasteiger partial charge in [0.1, 0.15) is 24.7 Å². The van der Waals surface area contributed by atoms with Gasteiger partial charge >= 0.3 is 0 Å². The fraction of sp³-hybridized carbons (Fsp3) is 0.261. The smallest absolute Gasteiger partial charge is 0.254 e. The zero-order valence-corrected chi connectivity index (χ0v) is 17.6. The quantitative estimate of drug-likeness (QED) is 0.512. The molecule has 1 N–H and O–H groups in total. The number of benzene rings is 2. The van der Waals surface area contributed by atoms with Crippen LogP contribution in [-0.2, 0) is 11.3 Å². The Morgan fingerprint density at radius 2 is 1.81 bits per heavy atom. The molecular weight excluding hydrogens is 414 g/mol. The van der Waals surface area contributed by atoms with E-state index < -0.39 is 0 Å². The maximum atomic E-state index is 12.4. The number of ether oxygens (including phenoxy) is 4. The van der Waals surface area contributed by atoms with Gasteiger partial charge in [-0.1, -0.05) is 0 Å². The summed E-state index contributed by atoms with van der Waals surface area (Å²) in [5, 5.41) is 2.73. The molecule has 0 saturated heterocycles. The molecule has 4 rings (SSSR count). The number of nitrogens with zero attached hydrogens (tertiary/aromatic N) is 2. The summed E-state index contributed by atoms with van der Waals surface area (Å²) < 4.78 is 22.9. The van der Waals surface area contributed by atoms with Crippen molar-refractivity contribution >= 4 is 5.91 Å². The first kappa shape index (κ1) is 21.2. The predicted octanol–water partition coefficient (Wildman–Crippen LogP) is 2.23. The van der Waals surface area contributed by atoms with E-state index in [1.807, 2.05) is 19.1 Å². The van der Waals surface area contributed by atoms with Crippen LogP contribution in [0.4, 0.5) is 0 Å². The normalized spacial score (nSPS) is 11.8. The summed E-state index contributed by atoms with van der Waals surface area (Å²) in [6, 6.07) is 14.0. The van der Waals surface area contributed by atoms with E-state index in [1.165, 1.54) is 17.0 Å². The summed E-state index contributed by atoms with van der Waals surface area (Å²) >= 11 is 0. The third kappa shape index (κ3) is 5.18. The summed E-state index contributed by atoms with van der Waals surface area (Å²) in [4.78, 5) is 28.9. The molecule has 32 heavy (non-hydrogen) atoms. The molecule has 9 heteroatoms. The highest BCUT2D eigenvalue weighted by molar-refractivity contribution is 5.75. The Kier molecular flexibility index (Phi) is 6.54. The molecule has 0 unspecified atom stereocenters. The minimum absolute atomic E-state index is 0.129. The van der Waals surface area contributed by atoms with Gasteiger partial charge in [-0.3, -0.25) is 14.2 Å². The summed E-state index contributed by atoms with van der Waals surface area (Å²) in [5.74, 6) is 2.42. The molecule has 1 aliphatic heterocycles. The van der Waals surface area contributed by atoms with Gasteiger partial charge in [-0.2, -0.15) is 0 Å². The molecule has 2 heterocycles. The first-order valence-electron chi connectivity index (χ1n) is 10.2. The molecule has 0 radical (unpaired) electrons. The van der Waals surface area contributed by atoms with Crippen LogP contribution < -0.4 is 29.8 Å². The number of nitrogens with one attached hydrogen (secondary N) is 1. The highest BCUT2D eigenvalue weighted by atomic mass is 16.7. The third-order valence-corrected chi connectivity index (χ3v) is 4.69. The van der Waals surface area contributed by atoms with Crippen LogP contribution in [0.15, 0.2) is 59.7 Å². The van der Waals surface area contributed by atoms with Crippen molar-refractivity contribution in [2.45, 2.75) is 13.5 Å². The van der Waals surface area contributed by atoms with E-state index >= 15 is 0 Å². The van der Waals surface area contributed by atoms with Crippen LogP contribution in [0.25, 0.3) is 11.3 Å². The lowest BCUT2D eigenvalue weighted by Gasteiger charge is -2.10. The summed E-state index contributed by atoms with van der Waals surface area (Å²) in [5.41, 5.74) is 0.900. The fourth-order valence-electron chi connectivity index (χ4n) is 3.13. The van der Waals surface area contributed by atoms with E-state index in [-0.39, 0.29) is 24.8 Å². The predicted molar refractivity (Wildman–Crippen MR) is 116 cm³/mol. The first-order chi connectivity index (χ1) is 15.6. The number of hydrogen-bond acceptors (Lipinski definition) is 7. The highest BCUT2D eigenvalue weighted by Crippen LogP contribution is 2.35. The second-order valence-corrected chi connectivity index (χ2v) is 6.91. The van der Waals surface area contributed by atoms with Gasteiger partial charge in [-0.25, -0.2) is 4.98 Å². The number of carbonyl (C=O) groups excluding carboxylic acids is 1. The van der Waals surface area contributed by atoms with E-state index in [2.05, 4.69) is 10.3 Å². The molecule has 9 nitrogen and oxygen atoms in total. The first-order valence-corrected chi connectivity index (χ1v) is 10.2. The average Bonchev–Trinajstić information content (AvgIpc) is 3.27. The molecule has 0 aliphatic carbocycles. The zero-order chi connectivity index (χ0) is 22.3. The van der Waals surface area contributed by atoms with Gasteiger partial charge < -0.3 is 24.3 Å². The second kappa shape index (κ2) is 9.86. The largest absolute Gasteiger partial charge is 0.494 e. The highest BCUT2D eigenvalue weighted by Gasteiger charge is 2.15. The summed E-state index contributed by atoms with van der Waals surface area (Å²) in [6.07, 6.45) is 1.36. The minimum Gasteiger partial charge on any atom is -0.494 e. The standard InChI is InChI=1S/C23H23N3O6/c1-2-29-17-4-6-18(7-5-17)30-10-9-24-22(27)13-26-14-25-19(12-23(26)28)16-3-8-20-21(11-16)32-15-31-20/h3-8,11-12,14H,2,9-10,13,15H2,1H3,(H,24,27). The maximum absolute atomic E-state index is 12.4. The molecular formula is C23H23N3O6. The molecule has 0 fully saturated rings. The van der Waals surface area contributed by atoms with Crippen LogP contribution in [0.2, 0.25) is 0 Å². The number of rotatable bonds is 9. The molecule has 3 aromatic rings. The van der Waals surface area contributed by atoms with Gasteiger partial charge in [0.25, 0.3) is 5.56 Å². The van der Waals surface area contributed by atoms with Gasteiger partial charge in [0, 0.05) is 11.6 Å². The van der Waals surface area contributed by atoms with Crippen molar-refractivity contribution in [2.75, 3.05) is 26.6 Å². The topological polar surface area (TPSA) is 101 Å². The number of amides is 1. The molecule has 0 bridgehead atoms. The van der Waals surface area contributed by atoms with Crippen LogP contribution in [0.3, 0.4) is 0 Å². The van der Waals surface area contributed by atoms with Crippen LogP contribution in [0.5, 0.6) is 23.0 Å². The Morgan fingerprint density at radius 3 is 2.56 bits per heavy atom. The van der Waals surface area contributed by atoms with Crippen molar-refractivity contribution in [3.05, 3.63) is 65.2 Å². The van der Waals surface area contributed by atoms with Gasteiger partial charge in [-0.15, -0.1) is 0 Å². The number of aromatic nitrogens is 2. The van der Waals surface area contributed by atoms with Crippen molar-refractivity contribution in [1.29, 1.82) is 0 Å². The van der Waals surface area contributed by atoms with Gasteiger partial charge in [0.15, 0.2) is 11.5 Å². The number of hydrogen-bond donors (Lipinski definition) is 1. The lowest BCUT2D eigenvalue weighted by atomic mass is 10.1. The molecule has 0 atom stereocenters. The van der Waals surface area contributed by atoms with E-state index in [0.29, 0.717) is 42.7 Å². The molecule has 1 aliphatic rings. The van der Waals surface area contributed by atoms with Crippen LogP contribution in [-0.4, -0.2) is 42.0 Å². The van der Waals surface area contributed by atoms with E-state index in [4.69, 9.17) is 18.9 Å². The molecule has 0 spiro atoms. The maximum Gasteiger partial charge on any atom is 0.254 e. The summed E-state index contributed by atoms with van der Waals surface area (Å²) in [7, 11) is 0. The number of carbonyl (C=O) groups is 1. The lowest BCUT2D eigenvalue weighted by Crippen LogP contribution is -2.34. The van der Waals surface area contributed by atoms with Gasteiger partial charge in [-0.05, 0) is 49.4 Å². The Balaban J connectivity index is 1.26. The van der Waals surface area contributed by atoms with Crippen molar-refractivity contribution in [3.63, 3.8) is 0 Å². The Hall–Kier alpha value is -4.01. The van der Waals surface area contributed by atoms with Gasteiger partial charge in [0.2, 0.25) is 12.7 Å². The molecule has 166 valence electrons. The second-order valence-electron chi connectivity index (χ2n) is 6.91. The van der Waals surface area contributed by atoms with E-state index in [9.17, 15) is 9.59 Å². The minimum atomic E-state index is -0.326. The van der Waals surface area contributed by atoms with Crippen LogP contribution >= 0.6 is 0 Å². The Bertz CT molecular complexity index is 1140.